The fraction of sp³-hybridized carbons (Fsp3) is 0.314. The first-order valence-corrected chi connectivity index (χ1v) is 20.2. The molecule has 0 atom stereocenters. The number of fused-ring (bicyclic) bond motifs is 4. The molecule has 3 aromatic rings. The quantitative estimate of drug-likeness (QED) is 0.0622. The highest BCUT2D eigenvalue weighted by atomic mass is 32.2. The second-order valence-corrected chi connectivity index (χ2v) is 17.8. The van der Waals surface area contributed by atoms with Gasteiger partial charge in [0.2, 0.25) is 5.69 Å². The summed E-state index contributed by atoms with van der Waals surface area (Å²) in [7, 11) is -14.1. The summed E-state index contributed by atoms with van der Waals surface area (Å²) in [4.78, 5) is 9.43. The summed E-state index contributed by atoms with van der Waals surface area (Å²) in [6.45, 7) is 8.16. The summed E-state index contributed by atoms with van der Waals surface area (Å²) < 4.78 is 104. The van der Waals surface area contributed by atoms with Gasteiger partial charge in [0, 0.05) is 52.7 Å². The third-order valence-electron chi connectivity index (χ3n) is 9.39. The zero-order valence-electron chi connectivity index (χ0n) is 28.3. The molecule has 2 aliphatic rings. The van der Waals surface area contributed by atoms with Crippen molar-refractivity contribution in [2.45, 2.75) is 78.9 Å². The van der Waals surface area contributed by atoms with Gasteiger partial charge in [-0.05, 0) is 74.0 Å². The number of allylic oxidation sites excluding steroid dienone is 6. The molecule has 0 amide bonds. The lowest BCUT2D eigenvalue weighted by Crippen LogP contribution is -2.28. The van der Waals surface area contributed by atoms with Crippen molar-refractivity contribution in [3.8, 4) is 0 Å². The van der Waals surface area contributed by atoms with E-state index in [1.54, 1.807) is 24.3 Å². The van der Waals surface area contributed by atoms with Gasteiger partial charge in [0.05, 0.1) is 15.2 Å². The third kappa shape index (κ3) is 7.56. The lowest BCUT2D eigenvalue weighted by atomic mass is 9.81. The van der Waals surface area contributed by atoms with E-state index in [4.69, 9.17) is 5.11 Å². The Morgan fingerprint density at radius 3 is 2.08 bits per heavy atom. The van der Waals surface area contributed by atoms with Gasteiger partial charge in [0.1, 0.15) is 11.4 Å². The van der Waals surface area contributed by atoms with E-state index >= 15 is 0 Å². The van der Waals surface area contributed by atoms with Gasteiger partial charge in [-0.2, -0.15) is 29.8 Å². The number of carbonyl (C=O) groups is 1. The second-order valence-electron chi connectivity index (χ2n) is 13.5. The van der Waals surface area contributed by atoms with Crippen LogP contribution < -0.4 is 5.32 Å². The summed E-state index contributed by atoms with van der Waals surface area (Å²) in [5.41, 5.74) is 2.75. The van der Waals surface area contributed by atoms with Crippen LogP contribution >= 0.6 is 0 Å². The molecule has 0 saturated carbocycles. The van der Waals surface area contributed by atoms with Crippen LogP contribution in [-0.4, -0.2) is 66.8 Å². The minimum Gasteiger partial charge on any atom is -0.481 e. The lowest BCUT2D eigenvalue weighted by molar-refractivity contribution is -0.438. The summed E-state index contributed by atoms with van der Waals surface area (Å²) in [5.74, 6) is -0.858. The summed E-state index contributed by atoms with van der Waals surface area (Å²) >= 11 is 0. The molecule has 272 valence electrons. The van der Waals surface area contributed by atoms with E-state index < -0.39 is 56.9 Å². The number of hydrogen-bond donors (Lipinski definition) is 5. The fourth-order valence-corrected chi connectivity index (χ4v) is 8.69. The zero-order chi connectivity index (χ0) is 37.7. The van der Waals surface area contributed by atoms with Crippen LogP contribution in [0.4, 0.5) is 11.4 Å². The van der Waals surface area contributed by atoms with Crippen LogP contribution in [0, 0.1) is 0 Å². The van der Waals surface area contributed by atoms with Crippen molar-refractivity contribution in [3.05, 3.63) is 89.7 Å². The average molecular weight is 760 g/mol. The van der Waals surface area contributed by atoms with Crippen LogP contribution in [0.3, 0.4) is 0 Å². The number of nitrogens with one attached hydrogen (secondary N) is 1. The van der Waals surface area contributed by atoms with Gasteiger partial charge in [-0.15, -0.1) is 0 Å². The van der Waals surface area contributed by atoms with E-state index in [0.29, 0.717) is 48.3 Å². The monoisotopic (exact) mass is 759 g/mol. The molecule has 51 heavy (non-hydrogen) atoms. The molecule has 0 fully saturated rings. The molecule has 0 saturated heterocycles. The summed E-state index contributed by atoms with van der Waals surface area (Å²) in [6.07, 6.45) is 11.1. The molecule has 0 aromatic heterocycles. The third-order valence-corrected chi connectivity index (χ3v) is 12.0. The Kier molecular flexibility index (Phi) is 10.0. The van der Waals surface area contributed by atoms with Crippen LogP contribution in [0.15, 0.2) is 93.2 Å². The Hall–Kier alpha value is -4.19. The molecular formula is C35H39N2O11S3+. The number of hydrogen-bond acceptors (Lipinski definition) is 8. The van der Waals surface area contributed by atoms with Crippen molar-refractivity contribution in [1.29, 1.82) is 0 Å². The van der Waals surface area contributed by atoms with Crippen LogP contribution in [0.5, 0.6) is 0 Å². The van der Waals surface area contributed by atoms with E-state index in [1.165, 1.54) is 24.3 Å². The minimum atomic E-state index is -4.85. The number of nitrogens with zero attached hydrogens (tertiary/aromatic N) is 1. The largest absolute Gasteiger partial charge is 0.481 e. The number of unbranched alkanes of at least 4 members (excludes halogenated alkanes) is 2. The highest BCUT2D eigenvalue weighted by Gasteiger charge is 2.45. The number of benzene rings is 3. The Morgan fingerprint density at radius 2 is 1.45 bits per heavy atom. The van der Waals surface area contributed by atoms with Gasteiger partial charge in [-0.25, -0.2) is 0 Å². The first-order chi connectivity index (χ1) is 23.5. The van der Waals surface area contributed by atoms with Gasteiger partial charge in [0.15, 0.2) is 5.71 Å². The molecule has 16 heteroatoms. The van der Waals surface area contributed by atoms with Crippen molar-refractivity contribution in [3.63, 3.8) is 0 Å². The smallest absolute Gasteiger partial charge is 0.303 e. The van der Waals surface area contributed by atoms with Gasteiger partial charge in [-0.1, -0.05) is 38.1 Å². The molecule has 5 N–H and O–H groups in total. The number of aliphatic carboxylic acids is 1. The van der Waals surface area contributed by atoms with Gasteiger partial charge in [0.25, 0.3) is 30.4 Å². The molecule has 0 aliphatic carbocycles. The standard InChI is InChI=1S/C35H38N2O11S3/c1-34(2)26-20-22(49(40,41)42)14-17-28(26)37(18-10-6-9-13-32(38)39)31(34)12-8-5-7-11-30-35(3,4)33-25-19-23(50(43,44)45)21-29(51(46,47)48)24(25)15-16-27(33)36-30/h5,7-8,11-12,14-17,19-21H,6,9-10,13,18H2,1-4H3,(H4,38,39,40,41,42,43,44,45,46,47,48)/p+1. The van der Waals surface area contributed by atoms with Gasteiger partial charge >= 0.3 is 5.97 Å². The SMILES string of the molecule is CC1(C)C(/C=C/C=C/C=C2/Nc3ccc4c(S(=O)(=O)O)cc(S(=O)(=O)O)cc4c3C2(C)C)=[N+](CCCCCC(=O)O)c2ccc(S(=O)(=O)O)cc21. The molecule has 3 aromatic carbocycles. The number of carboxylic acids is 1. The maximum Gasteiger partial charge on any atom is 0.303 e. The molecule has 0 spiro atoms. The van der Waals surface area contributed by atoms with Crippen LogP contribution in [-0.2, 0) is 46.0 Å². The molecular weight excluding hydrogens is 721 g/mol. The molecule has 2 aliphatic heterocycles. The Bertz CT molecular complexity index is 2420. The number of carboxylic acid groups (broad SMARTS) is 1. The van der Waals surface area contributed by atoms with Crippen molar-refractivity contribution in [1.82, 2.24) is 0 Å². The van der Waals surface area contributed by atoms with Crippen LogP contribution in [0.1, 0.15) is 64.5 Å². The van der Waals surface area contributed by atoms with E-state index in [9.17, 15) is 43.7 Å². The van der Waals surface area contributed by atoms with Crippen molar-refractivity contribution < 1.29 is 53.4 Å². The van der Waals surface area contributed by atoms with E-state index in [0.717, 1.165) is 17.5 Å². The predicted octanol–water partition coefficient (Wildman–Crippen LogP) is 6.00. The van der Waals surface area contributed by atoms with Crippen LogP contribution in [0.25, 0.3) is 10.8 Å². The lowest BCUT2D eigenvalue weighted by Gasteiger charge is -2.22. The molecule has 13 nitrogen and oxygen atoms in total. The van der Waals surface area contributed by atoms with E-state index in [2.05, 4.69) is 9.89 Å². The van der Waals surface area contributed by atoms with Crippen molar-refractivity contribution in [2.24, 2.45) is 0 Å². The molecule has 0 bridgehead atoms. The van der Waals surface area contributed by atoms with Gasteiger partial charge in [-0.3, -0.25) is 18.5 Å². The minimum absolute atomic E-state index is 0.0702. The van der Waals surface area contributed by atoms with Crippen LogP contribution in [0.2, 0.25) is 0 Å². The second kappa shape index (κ2) is 13.4. The first-order valence-electron chi connectivity index (χ1n) is 15.9. The van der Waals surface area contributed by atoms with E-state index in [1.807, 2.05) is 45.9 Å². The zero-order valence-corrected chi connectivity index (χ0v) is 30.7. The maximum atomic E-state index is 12.2. The maximum absolute atomic E-state index is 12.2. The molecule has 0 unspecified atom stereocenters. The fourth-order valence-electron chi connectivity index (χ4n) is 6.84. The highest BCUT2D eigenvalue weighted by molar-refractivity contribution is 7.87. The topological polar surface area (TPSA) is 215 Å². The van der Waals surface area contributed by atoms with Crippen molar-refractivity contribution in [2.75, 3.05) is 11.9 Å². The molecule has 5 rings (SSSR count). The van der Waals surface area contributed by atoms with Gasteiger partial charge < -0.3 is 10.4 Å². The highest BCUT2D eigenvalue weighted by Crippen LogP contribution is 2.48. The van der Waals surface area contributed by atoms with E-state index in [-0.39, 0.29) is 22.1 Å². The first kappa shape index (κ1) is 38.1. The molecule has 0 radical (unpaired) electrons. The number of anilines is 1. The Balaban J connectivity index is 1.48. The predicted molar refractivity (Wildman–Crippen MR) is 192 cm³/mol. The van der Waals surface area contributed by atoms with Crippen molar-refractivity contribution >= 4 is 64.2 Å². The molecule has 2 heterocycles. The normalized spacial score (nSPS) is 17.8. The summed E-state index contributed by atoms with van der Waals surface area (Å²) in [6, 6.07) is 9.46. The summed E-state index contributed by atoms with van der Waals surface area (Å²) in [5, 5.41) is 12.6. The average Bonchev–Trinajstić information content (AvgIpc) is 3.39. The number of rotatable bonds is 12. The Morgan fingerprint density at radius 1 is 0.765 bits per heavy atom. The Labute approximate surface area is 297 Å².